The molecule has 1 aliphatic rings. The van der Waals surface area contributed by atoms with Crippen LogP contribution in [0, 0.1) is 5.82 Å². The molecule has 1 atom stereocenters. The van der Waals surface area contributed by atoms with Gasteiger partial charge in [0.15, 0.2) is 0 Å². The zero-order chi connectivity index (χ0) is 11.5. The Balaban J connectivity index is 1.92. The van der Waals surface area contributed by atoms with Crippen molar-refractivity contribution in [2.75, 3.05) is 6.54 Å². The van der Waals surface area contributed by atoms with Crippen molar-refractivity contribution >= 4 is 17.5 Å². The van der Waals surface area contributed by atoms with E-state index in [9.17, 15) is 9.18 Å². The summed E-state index contributed by atoms with van der Waals surface area (Å²) in [5.41, 5.74) is 0.836. The number of nitrogens with one attached hydrogen (secondary N) is 2. The van der Waals surface area contributed by atoms with E-state index in [2.05, 4.69) is 10.6 Å². The van der Waals surface area contributed by atoms with E-state index in [0.29, 0.717) is 24.5 Å². The first-order valence-corrected chi connectivity index (χ1v) is 5.47. The lowest BCUT2D eigenvalue weighted by Crippen LogP contribution is -2.30. The highest BCUT2D eigenvalue weighted by atomic mass is 35.5. The van der Waals surface area contributed by atoms with E-state index in [4.69, 9.17) is 11.6 Å². The van der Waals surface area contributed by atoms with Crippen LogP contribution < -0.4 is 10.6 Å². The summed E-state index contributed by atoms with van der Waals surface area (Å²) < 4.78 is 12.8. The highest BCUT2D eigenvalue weighted by Gasteiger charge is 2.20. The second-order valence-electron chi connectivity index (χ2n) is 3.82. The van der Waals surface area contributed by atoms with E-state index in [1.807, 2.05) is 0 Å². The molecule has 0 radical (unpaired) electrons. The summed E-state index contributed by atoms with van der Waals surface area (Å²) in [7, 11) is 0. The minimum atomic E-state index is -0.341. The molecule has 2 N–H and O–H groups in total. The maximum absolute atomic E-state index is 12.8. The molecule has 1 aromatic carbocycles. The molecule has 1 saturated heterocycles. The number of rotatable bonds is 3. The fourth-order valence-electron chi connectivity index (χ4n) is 1.67. The lowest BCUT2D eigenvalue weighted by atomic mass is 10.2. The fraction of sp³-hybridized carbons (Fsp3) is 0.364. The molecule has 1 fully saturated rings. The molecule has 0 spiro atoms. The highest BCUT2D eigenvalue weighted by molar-refractivity contribution is 6.31. The lowest BCUT2D eigenvalue weighted by Gasteiger charge is -2.11. The Labute approximate surface area is 98.0 Å². The molecule has 1 unspecified atom stereocenters. The van der Waals surface area contributed by atoms with Crippen molar-refractivity contribution < 1.29 is 9.18 Å². The van der Waals surface area contributed by atoms with E-state index >= 15 is 0 Å². The molecule has 3 nitrogen and oxygen atoms in total. The minimum Gasteiger partial charge on any atom is -0.354 e. The number of benzene rings is 1. The summed E-state index contributed by atoms with van der Waals surface area (Å²) >= 11 is 5.88. The van der Waals surface area contributed by atoms with Gasteiger partial charge in [0.1, 0.15) is 5.82 Å². The maximum Gasteiger partial charge on any atom is 0.221 e. The van der Waals surface area contributed by atoms with Crippen LogP contribution in [0.5, 0.6) is 0 Å². The molecule has 86 valence electrons. The van der Waals surface area contributed by atoms with Crippen LogP contribution in [0.25, 0.3) is 0 Å². The summed E-state index contributed by atoms with van der Waals surface area (Å²) in [6.07, 6.45) is 0.485. The first-order valence-electron chi connectivity index (χ1n) is 5.09. The van der Waals surface area contributed by atoms with Gasteiger partial charge in [-0.2, -0.15) is 0 Å². The molecule has 2 rings (SSSR count). The monoisotopic (exact) mass is 242 g/mol. The zero-order valence-electron chi connectivity index (χ0n) is 8.59. The number of hydrogen-bond acceptors (Lipinski definition) is 2. The molecule has 16 heavy (non-hydrogen) atoms. The minimum absolute atomic E-state index is 0.0581. The standard InChI is InChI=1S/C11H12ClFN2O/c12-10-3-8(13)2-1-7(10)5-14-9-4-11(16)15-6-9/h1-3,9,14H,4-6H2,(H,15,16). The highest BCUT2D eigenvalue weighted by Crippen LogP contribution is 2.17. The van der Waals surface area contributed by atoms with Gasteiger partial charge in [-0.05, 0) is 17.7 Å². The normalized spacial score (nSPS) is 19.9. The van der Waals surface area contributed by atoms with Crippen molar-refractivity contribution in [2.45, 2.75) is 19.0 Å². The van der Waals surface area contributed by atoms with Gasteiger partial charge in [-0.1, -0.05) is 17.7 Å². The lowest BCUT2D eigenvalue weighted by molar-refractivity contribution is -0.119. The number of carbonyl (C=O) groups is 1. The molecule has 1 amide bonds. The average molecular weight is 243 g/mol. The van der Waals surface area contributed by atoms with Crippen molar-refractivity contribution in [3.05, 3.63) is 34.6 Å². The Morgan fingerprint density at radius 2 is 2.38 bits per heavy atom. The third kappa shape index (κ3) is 2.71. The first-order chi connectivity index (χ1) is 7.65. The van der Waals surface area contributed by atoms with Crippen LogP contribution in [-0.2, 0) is 11.3 Å². The van der Waals surface area contributed by atoms with Gasteiger partial charge in [-0.3, -0.25) is 4.79 Å². The summed E-state index contributed by atoms with van der Waals surface area (Å²) in [4.78, 5) is 10.9. The Hall–Kier alpha value is -1.13. The third-order valence-electron chi connectivity index (χ3n) is 2.57. The largest absolute Gasteiger partial charge is 0.354 e. The summed E-state index contributed by atoms with van der Waals surface area (Å²) in [6.45, 7) is 1.18. The maximum atomic E-state index is 12.8. The van der Waals surface area contributed by atoms with Crippen LogP contribution in [0.1, 0.15) is 12.0 Å². The third-order valence-corrected chi connectivity index (χ3v) is 2.93. The van der Waals surface area contributed by atoms with Gasteiger partial charge >= 0.3 is 0 Å². The van der Waals surface area contributed by atoms with E-state index in [1.54, 1.807) is 6.07 Å². The molecular formula is C11H12ClFN2O. The van der Waals surface area contributed by atoms with Crippen molar-refractivity contribution in [3.63, 3.8) is 0 Å². The zero-order valence-corrected chi connectivity index (χ0v) is 9.35. The molecule has 5 heteroatoms. The SMILES string of the molecule is O=C1CC(NCc2ccc(F)cc2Cl)CN1. The second-order valence-corrected chi connectivity index (χ2v) is 4.23. The molecular weight excluding hydrogens is 231 g/mol. The van der Waals surface area contributed by atoms with Crippen LogP contribution >= 0.6 is 11.6 Å². The van der Waals surface area contributed by atoms with Crippen molar-refractivity contribution in [3.8, 4) is 0 Å². The van der Waals surface area contributed by atoms with Crippen LogP contribution in [-0.4, -0.2) is 18.5 Å². The van der Waals surface area contributed by atoms with Gasteiger partial charge < -0.3 is 10.6 Å². The summed E-state index contributed by atoms with van der Waals surface area (Å²) in [5.74, 6) is -0.283. The van der Waals surface area contributed by atoms with Gasteiger partial charge in [-0.25, -0.2) is 4.39 Å². The summed E-state index contributed by atoms with van der Waals surface area (Å²) in [6, 6.07) is 4.44. The van der Waals surface area contributed by atoms with E-state index in [-0.39, 0.29) is 17.8 Å². The quantitative estimate of drug-likeness (QED) is 0.843. The number of halogens is 2. The predicted octanol–water partition coefficient (Wildman–Crippen LogP) is 1.46. The topological polar surface area (TPSA) is 41.1 Å². The molecule has 0 saturated carbocycles. The van der Waals surface area contributed by atoms with Gasteiger partial charge in [0.05, 0.1) is 0 Å². The van der Waals surface area contributed by atoms with Gasteiger partial charge in [0, 0.05) is 30.6 Å². The molecule has 1 aliphatic heterocycles. The summed E-state index contributed by atoms with van der Waals surface area (Å²) in [5, 5.41) is 6.34. The van der Waals surface area contributed by atoms with E-state index in [0.717, 1.165) is 5.56 Å². The van der Waals surface area contributed by atoms with Crippen molar-refractivity contribution in [2.24, 2.45) is 0 Å². The molecule has 1 aromatic rings. The van der Waals surface area contributed by atoms with Crippen molar-refractivity contribution in [1.82, 2.24) is 10.6 Å². The van der Waals surface area contributed by atoms with Crippen LogP contribution in [0.2, 0.25) is 5.02 Å². The van der Waals surface area contributed by atoms with Crippen molar-refractivity contribution in [1.29, 1.82) is 0 Å². The second kappa shape index (κ2) is 4.80. The molecule has 0 aliphatic carbocycles. The Morgan fingerprint density at radius 3 is 3.00 bits per heavy atom. The average Bonchev–Trinajstić information content (AvgIpc) is 2.63. The Kier molecular flexibility index (Phi) is 3.41. The van der Waals surface area contributed by atoms with Crippen LogP contribution in [0.15, 0.2) is 18.2 Å². The van der Waals surface area contributed by atoms with Crippen LogP contribution in [0.4, 0.5) is 4.39 Å². The predicted molar refractivity (Wildman–Crippen MR) is 59.7 cm³/mol. The van der Waals surface area contributed by atoms with Gasteiger partial charge in [0.2, 0.25) is 5.91 Å². The first kappa shape index (κ1) is 11.4. The molecule has 0 aromatic heterocycles. The van der Waals surface area contributed by atoms with Crippen LogP contribution in [0.3, 0.4) is 0 Å². The number of carbonyl (C=O) groups excluding carboxylic acids is 1. The number of hydrogen-bond donors (Lipinski definition) is 2. The van der Waals surface area contributed by atoms with Gasteiger partial charge in [0.25, 0.3) is 0 Å². The Bertz CT molecular complexity index is 411. The number of amides is 1. The Morgan fingerprint density at radius 1 is 1.56 bits per heavy atom. The van der Waals surface area contributed by atoms with E-state index < -0.39 is 0 Å². The van der Waals surface area contributed by atoms with E-state index in [1.165, 1.54) is 12.1 Å². The molecule has 0 bridgehead atoms. The van der Waals surface area contributed by atoms with Gasteiger partial charge in [-0.15, -0.1) is 0 Å². The molecule has 1 heterocycles. The smallest absolute Gasteiger partial charge is 0.221 e. The fourth-order valence-corrected chi connectivity index (χ4v) is 1.90.